The van der Waals surface area contributed by atoms with Gasteiger partial charge in [0, 0.05) is 49.9 Å². The van der Waals surface area contributed by atoms with Gasteiger partial charge in [0.2, 0.25) is 5.43 Å². The molecule has 16 heteroatoms. The van der Waals surface area contributed by atoms with Gasteiger partial charge in [0.15, 0.2) is 11.5 Å². The topological polar surface area (TPSA) is 169 Å². The maximum atomic E-state index is 15.7. The standard InChI is InChI=1S/C40H49FN4O11/c1-40(2,3)56-39(49)43-19-17-42(18-20-43)33-25-32-29(24-31(33)41)37(47)30(26-44(32)28-13-14-28)38(48)55-34-15-11-27(23-35(34)52-4)12-16-36(46)53-21-9-7-5-6-8-10-22-54-45(50)51/h11-12,15-16,23-26,28H,5-10,13-14,17-22H2,1-4H3. The fourth-order valence-corrected chi connectivity index (χ4v) is 6.32. The third-order valence-corrected chi connectivity index (χ3v) is 9.31. The molecule has 1 aliphatic heterocycles. The third kappa shape index (κ3) is 11.4. The van der Waals surface area contributed by atoms with Crippen molar-refractivity contribution in [2.75, 3.05) is 51.4 Å². The summed E-state index contributed by atoms with van der Waals surface area (Å²) in [5.74, 6) is -1.83. The van der Waals surface area contributed by atoms with Crippen molar-refractivity contribution in [1.29, 1.82) is 0 Å². The van der Waals surface area contributed by atoms with Crippen LogP contribution in [-0.4, -0.2) is 84.7 Å². The molecule has 15 nitrogen and oxygen atoms in total. The lowest BCUT2D eigenvalue weighted by molar-refractivity contribution is -0.757. The Kier molecular flexibility index (Phi) is 13.9. The Morgan fingerprint density at radius 1 is 0.946 bits per heavy atom. The van der Waals surface area contributed by atoms with E-state index in [-0.39, 0.29) is 41.7 Å². The molecule has 2 fully saturated rings. The lowest BCUT2D eigenvalue weighted by atomic mass is 10.1. The summed E-state index contributed by atoms with van der Waals surface area (Å²) in [4.78, 5) is 69.9. The van der Waals surface area contributed by atoms with Crippen LogP contribution in [0.5, 0.6) is 11.5 Å². The Morgan fingerprint density at radius 2 is 1.62 bits per heavy atom. The molecule has 0 radical (unpaired) electrons. The van der Waals surface area contributed by atoms with Crippen molar-refractivity contribution in [3.05, 3.63) is 79.9 Å². The average Bonchev–Trinajstić information content (AvgIpc) is 4.00. The summed E-state index contributed by atoms with van der Waals surface area (Å²) in [5.41, 5.74) is -0.168. The molecule has 3 aromatic rings. The first kappa shape index (κ1) is 41.5. The minimum absolute atomic E-state index is 0.0286. The van der Waals surface area contributed by atoms with E-state index in [0.29, 0.717) is 55.8 Å². The van der Waals surface area contributed by atoms with Crippen LogP contribution >= 0.6 is 0 Å². The first-order valence-electron chi connectivity index (χ1n) is 18.9. The molecule has 56 heavy (non-hydrogen) atoms. The lowest BCUT2D eigenvalue weighted by Crippen LogP contribution is -2.50. The van der Waals surface area contributed by atoms with E-state index in [1.54, 1.807) is 43.9 Å². The zero-order valence-corrected chi connectivity index (χ0v) is 32.3. The highest BCUT2D eigenvalue weighted by Crippen LogP contribution is 2.38. The van der Waals surface area contributed by atoms with Gasteiger partial charge in [-0.15, -0.1) is 10.1 Å². The second kappa shape index (κ2) is 18.8. The van der Waals surface area contributed by atoms with Crippen molar-refractivity contribution in [3.63, 3.8) is 0 Å². The maximum Gasteiger partial charge on any atom is 0.410 e. The van der Waals surface area contributed by atoms with Crippen LogP contribution in [0.25, 0.3) is 17.0 Å². The number of pyridine rings is 1. The molecule has 302 valence electrons. The predicted octanol–water partition coefficient (Wildman–Crippen LogP) is 6.87. The average molecular weight is 781 g/mol. The molecule has 1 aliphatic carbocycles. The molecule has 0 atom stereocenters. The van der Waals surface area contributed by atoms with Crippen LogP contribution in [0.15, 0.2) is 47.4 Å². The van der Waals surface area contributed by atoms with Crippen molar-refractivity contribution >= 4 is 40.7 Å². The Balaban J connectivity index is 1.20. The number of hydrogen-bond acceptors (Lipinski definition) is 12. The van der Waals surface area contributed by atoms with Crippen molar-refractivity contribution in [2.24, 2.45) is 0 Å². The number of hydrogen-bond donors (Lipinski definition) is 0. The minimum Gasteiger partial charge on any atom is -0.493 e. The van der Waals surface area contributed by atoms with Crippen molar-refractivity contribution in [2.45, 2.75) is 83.8 Å². The fourth-order valence-electron chi connectivity index (χ4n) is 6.32. The molecule has 1 saturated heterocycles. The Morgan fingerprint density at radius 3 is 2.27 bits per heavy atom. The van der Waals surface area contributed by atoms with Crippen LogP contribution in [0.3, 0.4) is 0 Å². The lowest BCUT2D eigenvalue weighted by Gasteiger charge is -2.37. The number of anilines is 1. The van der Waals surface area contributed by atoms with E-state index in [1.807, 2.05) is 9.47 Å². The van der Waals surface area contributed by atoms with Crippen molar-refractivity contribution in [3.8, 4) is 11.5 Å². The number of nitrogens with zero attached hydrogens (tertiary/aromatic N) is 4. The predicted molar refractivity (Wildman–Crippen MR) is 205 cm³/mol. The number of rotatable bonds is 17. The van der Waals surface area contributed by atoms with Gasteiger partial charge < -0.3 is 38.2 Å². The SMILES string of the molecule is COc1cc(C=CC(=O)OCCCCCCCCO[N+](=O)[O-])ccc1OC(=O)c1cn(C2CC2)c2cc(N3CCN(C(=O)OC(C)(C)C)CC3)c(F)cc2c1=O. The number of benzene rings is 2. The number of amides is 1. The Bertz CT molecular complexity index is 2000. The molecule has 1 saturated carbocycles. The van der Waals surface area contributed by atoms with Gasteiger partial charge in [0.1, 0.15) is 17.0 Å². The normalized spacial score (nSPS) is 14.5. The highest BCUT2D eigenvalue weighted by atomic mass is 19.1. The first-order chi connectivity index (χ1) is 26.7. The van der Waals surface area contributed by atoms with Crippen LogP contribution in [0.1, 0.15) is 94.1 Å². The molecule has 0 bridgehead atoms. The molecule has 2 heterocycles. The molecule has 1 amide bonds. The van der Waals surface area contributed by atoms with Crippen molar-refractivity contribution in [1.82, 2.24) is 9.47 Å². The van der Waals surface area contributed by atoms with Gasteiger partial charge in [0.05, 0.1) is 31.5 Å². The summed E-state index contributed by atoms with van der Waals surface area (Å²) in [6.07, 6.45) is 10.3. The van der Waals surface area contributed by atoms with E-state index in [0.717, 1.165) is 38.5 Å². The number of carbonyl (C=O) groups is 3. The van der Waals surface area contributed by atoms with Gasteiger partial charge >= 0.3 is 18.0 Å². The number of unbranched alkanes of at least 4 members (excludes halogenated alkanes) is 5. The second-order valence-electron chi connectivity index (χ2n) is 14.8. The monoisotopic (exact) mass is 780 g/mol. The fraction of sp³-hybridized carbons (Fsp3) is 0.500. The largest absolute Gasteiger partial charge is 0.493 e. The summed E-state index contributed by atoms with van der Waals surface area (Å²) < 4.78 is 39.4. The van der Waals surface area contributed by atoms with Gasteiger partial charge in [-0.2, -0.15) is 0 Å². The number of aromatic nitrogens is 1. The summed E-state index contributed by atoms with van der Waals surface area (Å²) in [7, 11) is 1.39. The zero-order valence-electron chi connectivity index (χ0n) is 32.3. The van der Waals surface area contributed by atoms with Gasteiger partial charge in [0.25, 0.3) is 5.09 Å². The number of piperazine rings is 1. The van der Waals surface area contributed by atoms with Crippen LogP contribution in [-0.2, 0) is 19.1 Å². The zero-order chi connectivity index (χ0) is 40.4. The highest BCUT2D eigenvalue weighted by Gasteiger charge is 2.31. The number of halogens is 1. The van der Waals surface area contributed by atoms with Crippen molar-refractivity contribution < 1.29 is 47.6 Å². The first-order valence-corrected chi connectivity index (χ1v) is 18.9. The quantitative estimate of drug-likeness (QED) is 0.0349. The molecule has 0 unspecified atom stereocenters. The second-order valence-corrected chi connectivity index (χ2v) is 14.8. The van der Waals surface area contributed by atoms with Gasteiger partial charge in [-0.25, -0.2) is 18.8 Å². The minimum atomic E-state index is -0.928. The van der Waals surface area contributed by atoms with Gasteiger partial charge in [-0.05, 0) is 82.4 Å². The Labute approximate surface area is 324 Å². The molecular weight excluding hydrogens is 731 g/mol. The van der Waals surface area contributed by atoms with Crippen LogP contribution in [0.4, 0.5) is 14.9 Å². The van der Waals surface area contributed by atoms with E-state index >= 15 is 4.39 Å². The van der Waals surface area contributed by atoms with E-state index < -0.39 is 40.0 Å². The summed E-state index contributed by atoms with van der Waals surface area (Å²) in [5, 5.41) is 9.40. The number of fused-ring (bicyclic) bond motifs is 1. The molecule has 1 aromatic heterocycles. The van der Waals surface area contributed by atoms with Gasteiger partial charge in [-0.1, -0.05) is 31.7 Å². The van der Waals surface area contributed by atoms with Crippen LogP contribution in [0, 0.1) is 15.9 Å². The Hall–Kier alpha value is -5.67. The summed E-state index contributed by atoms with van der Waals surface area (Å²) >= 11 is 0. The highest BCUT2D eigenvalue weighted by molar-refractivity contribution is 5.96. The smallest absolute Gasteiger partial charge is 0.410 e. The molecule has 0 N–H and O–H groups in total. The molecule has 2 aromatic carbocycles. The van der Waals surface area contributed by atoms with Crippen LogP contribution < -0.4 is 19.8 Å². The number of ether oxygens (including phenoxy) is 4. The summed E-state index contributed by atoms with van der Waals surface area (Å²) in [6.45, 7) is 7.19. The number of methoxy groups -OCH3 is 1. The molecule has 5 rings (SSSR count). The number of esters is 2. The molecular formula is C40H49FN4O11. The summed E-state index contributed by atoms with van der Waals surface area (Å²) in [6, 6.07) is 7.50. The van der Waals surface area contributed by atoms with E-state index in [9.17, 15) is 29.3 Å². The maximum absolute atomic E-state index is 15.7. The van der Waals surface area contributed by atoms with E-state index in [2.05, 4.69) is 4.84 Å². The third-order valence-electron chi connectivity index (χ3n) is 9.31. The van der Waals surface area contributed by atoms with E-state index in [4.69, 9.17) is 18.9 Å². The van der Waals surface area contributed by atoms with Gasteiger partial charge in [-0.3, -0.25) is 4.79 Å². The van der Waals surface area contributed by atoms with E-state index in [1.165, 1.54) is 37.6 Å². The number of carbonyl (C=O) groups excluding carboxylic acids is 3. The molecule has 0 spiro atoms. The molecule has 2 aliphatic rings. The van der Waals surface area contributed by atoms with Crippen LogP contribution in [0.2, 0.25) is 0 Å².